The van der Waals surface area contributed by atoms with Crippen LogP contribution in [-0.2, 0) is 0 Å². The summed E-state index contributed by atoms with van der Waals surface area (Å²) in [5.41, 5.74) is 2.53. The van der Waals surface area contributed by atoms with Crippen LogP contribution in [0, 0.1) is 13.8 Å². The minimum absolute atomic E-state index is 0.140. The molecule has 1 aromatic carbocycles. The zero-order valence-electron chi connectivity index (χ0n) is 19.0. The van der Waals surface area contributed by atoms with Crippen molar-refractivity contribution in [3.05, 3.63) is 41.3 Å². The van der Waals surface area contributed by atoms with Crippen molar-refractivity contribution >= 4 is 22.8 Å². The Morgan fingerprint density at radius 1 is 1.06 bits per heavy atom. The van der Waals surface area contributed by atoms with E-state index in [-0.39, 0.29) is 19.6 Å². The van der Waals surface area contributed by atoms with Gasteiger partial charge in [0.25, 0.3) is 0 Å². The molecule has 11 heteroatoms. The minimum atomic E-state index is -1.29. The second-order valence-electron chi connectivity index (χ2n) is 9.13. The Balaban J connectivity index is 1.52. The highest BCUT2D eigenvalue weighted by atomic mass is 19.1. The Morgan fingerprint density at radius 3 is 2.44 bits per heavy atom. The molecule has 1 amide bonds. The molecule has 2 saturated heterocycles. The average molecular weight is 471 g/mol. The maximum atomic E-state index is 15.0. The smallest absolute Gasteiger partial charge is 0.407 e. The van der Waals surface area contributed by atoms with Crippen molar-refractivity contribution in [2.45, 2.75) is 44.6 Å². The number of anilines is 1. The number of halogens is 1. The molecule has 2 aromatic heterocycles. The average Bonchev–Trinajstić information content (AvgIpc) is 3.35. The molecule has 0 radical (unpaired) electrons. The maximum absolute atomic E-state index is 15.0. The first kappa shape index (κ1) is 22.5. The number of alkyl halides is 1. The van der Waals surface area contributed by atoms with Gasteiger partial charge in [0, 0.05) is 37.0 Å². The summed E-state index contributed by atoms with van der Waals surface area (Å²) in [6.45, 7) is 4.39. The second kappa shape index (κ2) is 8.48. The number of aryl methyl sites for hydroxylation is 2. The van der Waals surface area contributed by atoms with E-state index in [0.717, 1.165) is 26.9 Å². The highest BCUT2D eigenvalue weighted by molar-refractivity contribution is 5.82. The van der Waals surface area contributed by atoms with E-state index in [9.17, 15) is 20.1 Å². The quantitative estimate of drug-likeness (QED) is 0.529. The van der Waals surface area contributed by atoms with Gasteiger partial charge < -0.3 is 25.1 Å². The van der Waals surface area contributed by atoms with E-state index in [1.807, 2.05) is 19.1 Å². The van der Waals surface area contributed by atoms with Crippen LogP contribution in [-0.4, -0.2) is 90.6 Å². The van der Waals surface area contributed by atoms with Crippen LogP contribution in [0.15, 0.2) is 24.4 Å². The Labute approximate surface area is 195 Å². The Bertz CT molecular complexity index is 1240. The molecule has 34 heavy (non-hydrogen) atoms. The van der Waals surface area contributed by atoms with Crippen LogP contribution in [0.5, 0.6) is 0 Å². The fraction of sp³-hybridized carbons (Fsp3) is 0.478. The number of β-amino-alcohol motifs (C(OH)–C–C–N with tert-alkyl or cyclic N) is 2. The molecule has 0 unspecified atom stereocenters. The van der Waals surface area contributed by atoms with E-state index < -0.39 is 30.4 Å². The molecule has 3 aromatic rings. The number of amides is 1. The largest absolute Gasteiger partial charge is 0.465 e. The summed E-state index contributed by atoms with van der Waals surface area (Å²) >= 11 is 0. The summed E-state index contributed by atoms with van der Waals surface area (Å²) in [5, 5.41) is 34.4. The van der Waals surface area contributed by atoms with Gasteiger partial charge in [-0.3, -0.25) is 0 Å². The SMILES string of the molecule is Cc1nc(N2C[C@@H](O)[C@@H](O)C2)cc(-n2ncc3cc(C)c([C@H]4CCN(C(=O)O)C[C@H]4F)cc32)n1. The summed E-state index contributed by atoms with van der Waals surface area (Å²) in [7, 11) is 0. The number of hydrogen-bond donors (Lipinski definition) is 3. The van der Waals surface area contributed by atoms with Crippen LogP contribution < -0.4 is 4.90 Å². The number of carbonyl (C=O) groups is 1. The molecule has 3 N–H and O–H groups in total. The molecule has 4 heterocycles. The summed E-state index contributed by atoms with van der Waals surface area (Å²) in [5.74, 6) is 1.22. The number of rotatable bonds is 3. The number of piperidine rings is 1. The van der Waals surface area contributed by atoms with Crippen molar-refractivity contribution in [3.8, 4) is 5.82 Å². The zero-order valence-corrected chi connectivity index (χ0v) is 19.0. The van der Waals surface area contributed by atoms with Crippen LogP contribution in [0.4, 0.5) is 15.0 Å². The lowest BCUT2D eigenvalue weighted by atomic mass is 9.85. The van der Waals surface area contributed by atoms with Gasteiger partial charge in [0.15, 0.2) is 5.82 Å². The summed E-state index contributed by atoms with van der Waals surface area (Å²) in [4.78, 5) is 23.2. The number of carboxylic acid groups (broad SMARTS) is 1. The standard InChI is InChI=1S/C23H27FN6O4/c1-12-5-14-8-25-30(18(14)6-16(12)15-3-4-28(23(33)34)9-17(15)24)22-7-21(26-13(2)27-22)29-10-19(31)20(32)11-29/h5-8,15,17,19-20,31-32H,3-4,9-11H2,1-2H3,(H,33,34)/t15-,17-,19-,20+/m1/s1. The van der Waals surface area contributed by atoms with Gasteiger partial charge >= 0.3 is 6.09 Å². The number of aromatic nitrogens is 4. The lowest BCUT2D eigenvalue weighted by molar-refractivity contribution is 0.0572. The molecule has 0 saturated carbocycles. The number of aliphatic hydroxyl groups excluding tert-OH is 2. The zero-order chi connectivity index (χ0) is 24.1. The molecule has 0 bridgehead atoms. The molecule has 4 atom stereocenters. The highest BCUT2D eigenvalue weighted by Crippen LogP contribution is 2.35. The van der Waals surface area contributed by atoms with Crippen LogP contribution in [0.3, 0.4) is 0 Å². The lowest BCUT2D eigenvalue weighted by Crippen LogP contribution is -2.43. The van der Waals surface area contributed by atoms with Gasteiger partial charge in [0.2, 0.25) is 0 Å². The predicted molar refractivity (Wildman–Crippen MR) is 122 cm³/mol. The number of fused-ring (bicyclic) bond motifs is 1. The van der Waals surface area contributed by atoms with Crippen molar-refractivity contribution in [1.29, 1.82) is 0 Å². The normalized spacial score (nSPS) is 25.3. The highest BCUT2D eigenvalue weighted by Gasteiger charge is 2.34. The second-order valence-corrected chi connectivity index (χ2v) is 9.13. The molecule has 10 nitrogen and oxygen atoms in total. The van der Waals surface area contributed by atoms with E-state index in [4.69, 9.17) is 0 Å². The van der Waals surface area contributed by atoms with Gasteiger partial charge in [0.1, 0.15) is 17.8 Å². The van der Waals surface area contributed by atoms with E-state index in [1.54, 1.807) is 28.8 Å². The first-order valence-corrected chi connectivity index (χ1v) is 11.3. The molecular formula is C23H27FN6O4. The predicted octanol–water partition coefficient (Wildman–Crippen LogP) is 1.78. The van der Waals surface area contributed by atoms with Gasteiger partial charge in [-0.25, -0.2) is 23.8 Å². The van der Waals surface area contributed by atoms with E-state index in [2.05, 4.69) is 15.1 Å². The number of nitrogens with zero attached hydrogens (tertiary/aromatic N) is 6. The Kier molecular flexibility index (Phi) is 5.61. The minimum Gasteiger partial charge on any atom is -0.465 e. The molecule has 5 rings (SSSR count). The van der Waals surface area contributed by atoms with Gasteiger partial charge in [-0.2, -0.15) is 5.10 Å². The van der Waals surface area contributed by atoms with Crippen LogP contribution in [0.25, 0.3) is 16.7 Å². The Morgan fingerprint density at radius 2 is 1.76 bits per heavy atom. The third-order valence-corrected chi connectivity index (χ3v) is 6.78. The van der Waals surface area contributed by atoms with E-state index in [0.29, 0.717) is 30.4 Å². The lowest BCUT2D eigenvalue weighted by Gasteiger charge is -2.34. The van der Waals surface area contributed by atoms with Gasteiger partial charge in [-0.15, -0.1) is 0 Å². The van der Waals surface area contributed by atoms with Gasteiger partial charge in [-0.1, -0.05) is 0 Å². The van der Waals surface area contributed by atoms with Crippen molar-refractivity contribution < 1.29 is 24.5 Å². The summed E-state index contributed by atoms with van der Waals surface area (Å²) < 4.78 is 16.7. The van der Waals surface area contributed by atoms with Crippen molar-refractivity contribution in [2.24, 2.45) is 0 Å². The van der Waals surface area contributed by atoms with Crippen LogP contribution in [0.2, 0.25) is 0 Å². The first-order valence-electron chi connectivity index (χ1n) is 11.3. The molecule has 180 valence electrons. The third-order valence-electron chi connectivity index (χ3n) is 6.78. The van der Waals surface area contributed by atoms with E-state index in [1.165, 1.54) is 0 Å². The fourth-order valence-electron chi connectivity index (χ4n) is 4.98. The number of benzene rings is 1. The van der Waals surface area contributed by atoms with Crippen molar-refractivity contribution in [3.63, 3.8) is 0 Å². The van der Waals surface area contributed by atoms with Gasteiger partial charge in [0.05, 0.1) is 30.5 Å². The number of aliphatic hydroxyl groups is 2. The van der Waals surface area contributed by atoms with Crippen LogP contribution >= 0.6 is 0 Å². The number of hydrogen-bond acceptors (Lipinski definition) is 7. The van der Waals surface area contributed by atoms with Crippen molar-refractivity contribution in [2.75, 3.05) is 31.1 Å². The maximum Gasteiger partial charge on any atom is 0.407 e. The van der Waals surface area contributed by atoms with Crippen molar-refractivity contribution in [1.82, 2.24) is 24.6 Å². The fourth-order valence-corrected chi connectivity index (χ4v) is 4.98. The third kappa shape index (κ3) is 3.94. The first-order chi connectivity index (χ1) is 16.2. The molecule has 2 fully saturated rings. The molecule has 2 aliphatic heterocycles. The summed E-state index contributed by atoms with van der Waals surface area (Å²) in [6.07, 6.45) is -1.93. The Hall–Kier alpha value is -3.31. The molecular weight excluding hydrogens is 443 g/mol. The topological polar surface area (TPSA) is 128 Å². The monoisotopic (exact) mass is 470 g/mol. The van der Waals surface area contributed by atoms with Gasteiger partial charge in [-0.05, 0) is 43.5 Å². The molecule has 2 aliphatic rings. The van der Waals surface area contributed by atoms with Crippen LogP contribution in [0.1, 0.15) is 29.3 Å². The molecule has 0 spiro atoms. The molecule has 0 aliphatic carbocycles. The van der Waals surface area contributed by atoms with E-state index >= 15 is 4.39 Å². The summed E-state index contributed by atoms with van der Waals surface area (Å²) in [6, 6.07) is 5.64. The number of likely N-dealkylation sites (tertiary alicyclic amines) is 1.